The normalized spacial score (nSPS) is 26.5. The number of likely N-dealkylation sites (tertiary alicyclic amines) is 1. The molecule has 0 spiro atoms. The molecule has 0 aromatic carbocycles. The number of carbonyl (C=O) groups is 1. The van der Waals surface area contributed by atoms with E-state index in [1.54, 1.807) is 4.68 Å². The van der Waals surface area contributed by atoms with Gasteiger partial charge in [0.05, 0.1) is 12.7 Å². The molecule has 0 bridgehead atoms. The standard InChI is InChI=1S/C16H28N6O2/c1-13(2)22-10-14(17-18-22)16(24)4-5-20(12-16)11-15(23)21-8-6-19(3)7-9-21/h10,13,24H,4-9,11-12H2,1-3H3. The van der Waals surface area contributed by atoms with E-state index in [0.29, 0.717) is 31.7 Å². The molecule has 1 aromatic rings. The van der Waals surface area contributed by atoms with Gasteiger partial charge in [-0.1, -0.05) is 5.21 Å². The van der Waals surface area contributed by atoms with Crippen LogP contribution in [0.25, 0.3) is 0 Å². The van der Waals surface area contributed by atoms with Crippen LogP contribution >= 0.6 is 0 Å². The lowest BCUT2D eigenvalue weighted by atomic mass is 10.00. The number of amides is 1. The summed E-state index contributed by atoms with van der Waals surface area (Å²) in [6.45, 7) is 8.97. The van der Waals surface area contributed by atoms with Crippen molar-refractivity contribution in [2.24, 2.45) is 0 Å². The Hall–Kier alpha value is -1.51. The summed E-state index contributed by atoms with van der Waals surface area (Å²) in [5, 5.41) is 19.1. The van der Waals surface area contributed by atoms with Crippen LogP contribution < -0.4 is 0 Å². The van der Waals surface area contributed by atoms with Gasteiger partial charge in [-0.05, 0) is 27.3 Å². The fraction of sp³-hybridized carbons (Fsp3) is 0.812. The Bertz CT molecular complexity index is 581. The van der Waals surface area contributed by atoms with Crippen molar-refractivity contribution in [3.63, 3.8) is 0 Å². The second kappa shape index (κ2) is 6.78. The van der Waals surface area contributed by atoms with Crippen molar-refractivity contribution in [1.29, 1.82) is 0 Å². The monoisotopic (exact) mass is 336 g/mol. The summed E-state index contributed by atoms with van der Waals surface area (Å²) < 4.78 is 1.76. The minimum atomic E-state index is -1.00. The third-order valence-corrected chi connectivity index (χ3v) is 5.06. The second-order valence-corrected chi connectivity index (χ2v) is 7.35. The molecule has 0 radical (unpaired) electrons. The van der Waals surface area contributed by atoms with Gasteiger partial charge in [0.1, 0.15) is 11.3 Å². The highest BCUT2D eigenvalue weighted by atomic mass is 16.3. The first kappa shape index (κ1) is 17.3. The lowest BCUT2D eigenvalue weighted by Gasteiger charge is -2.33. The number of aromatic nitrogens is 3. The van der Waals surface area contributed by atoms with E-state index < -0.39 is 5.60 Å². The molecule has 0 aliphatic carbocycles. The van der Waals surface area contributed by atoms with Crippen molar-refractivity contribution in [1.82, 2.24) is 29.7 Å². The van der Waals surface area contributed by atoms with Crippen molar-refractivity contribution in [2.45, 2.75) is 31.9 Å². The number of aliphatic hydroxyl groups is 1. The van der Waals surface area contributed by atoms with Gasteiger partial charge in [0.2, 0.25) is 5.91 Å². The predicted octanol–water partition coefficient (Wildman–Crippen LogP) is -0.474. The molecule has 0 saturated carbocycles. The molecule has 2 aliphatic heterocycles. The Kier molecular flexibility index (Phi) is 4.89. The Morgan fingerprint density at radius 2 is 2.00 bits per heavy atom. The van der Waals surface area contributed by atoms with Crippen molar-refractivity contribution in [3.8, 4) is 0 Å². The predicted molar refractivity (Wildman–Crippen MR) is 89.4 cm³/mol. The molecule has 2 fully saturated rings. The summed E-state index contributed by atoms with van der Waals surface area (Å²) in [6.07, 6.45) is 2.40. The molecular formula is C16H28N6O2. The summed E-state index contributed by atoms with van der Waals surface area (Å²) in [5.74, 6) is 0.151. The molecule has 1 amide bonds. The molecule has 8 heteroatoms. The number of rotatable bonds is 4. The first-order valence-corrected chi connectivity index (χ1v) is 8.71. The summed E-state index contributed by atoms with van der Waals surface area (Å²) in [4.78, 5) is 18.6. The second-order valence-electron chi connectivity index (χ2n) is 7.35. The first-order chi connectivity index (χ1) is 11.4. The van der Waals surface area contributed by atoms with Crippen LogP contribution in [0.2, 0.25) is 0 Å². The Balaban J connectivity index is 1.57. The fourth-order valence-electron chi connectivity index (χ4n) is 3.30. The van der Waals surface area contributed by atoms with Crippen molar-refractivity contribution in [3.05, 3.63) is 11.9 Å². The maximum atomic E-state index is 12.5. The third kappa shape index (κ3) is 3.60. The number of likely N-dealkylation sites (N-methyl/N-ethyl adjacent to an activating group) is 1. The molecule has 8 nitrogen and oxygen atoms in total. The number of β-amino-alcohol motifs (C(OH)–C–C–N with tert-alkyl or cyclic N) is 1. The van der Waals surface area contributed by atoms with E-state index in [2.05, 4.69) is 22.3 Å². The first-order valence-electron chi connectivity index (χ1n) is 8.71. The van der Waals surface area contributed by atoms with Crippen LogP contribution in [0.4, 0.5) is 0 Å². The fourth-order valence-corrected chi connectivity index (χ4v) is 3.30. The van der Waals surface area contributed by atoms with Gasteiger partial charge in [-0.15, -0.1) is 5.10 Å². The Morgan fingerprint density at radius 1 is 1.29 bits per heavy atom. The van der Waals surface area contributed by atoms with Gasteiger partial charge in [-0.3, -0.25) is 9.69 Å². The van der Waals surface area contributed by atoms with Crippen LogP contribution in [0.15, 0.2) is 6.20 Å². The average Bonchev–Trinajstić information content (AvgIpc) is 3.16. The molecule has 1 unspecified atom stereocenters. The molecule has 24 heavy (non-hydrogen) atoms. The van der Waals surface area contributed by atoms with Crippen LogP contribution in [-0.4, -0.2) is 93.6 Å². The molecule has 134 valence electrons. The van der Waals surface area contributed by atoms with E-state index in [9.17, 15) is 9.90 Å². The van der Waals surface area contributed by atoms with Crippen LogP contribution in [0.1, 0.15) is 32.0 Å². The zero-order valence-electron chi connectivity index (χ0n) is 14.9. The number of piperazine rings is 1. The highest BCUT2D eigenvalue weighted by molar-refractivity contribution is 5.78. The Labute approximate surface area is 143 Å². The molecule has 1 atom stereocenters. The minimum absolute atomic E-state index is 0.151. The number of hydrogen-bond acceptors (Lipinski definition) is 6. The third-order valence-electron chi connectivity index (χ3n) is 5.06. The zero-order chi connectivity index (χ0) is 17.3. The molecule has 1 aromatic heterocycles. The summed E-state index contributed by atoms with van der Waals surface area (Å²) in [6, 6.07) is 0.214. The highest BCUT2D eigenvalue weighted by Gasteiger charge is 2.41. The van der Waals surface area contributed by atoms with Crippen LogP contribution in [0.5, 0.6) is 0 Å². The van der Waals surface area contributed by atoms with Gasteiger partial charge < -0.3 is 14.9 Å². The van der Waals surface area contributed by atoms with Gasteiger partial charge in [0, 0.05) is 45.3 Å². The number of carbonyl (C=O) groups excluding carboxylic acids is 1. The maximum Gasteiger partial charge on any atom is 0.236 e. The largest absolute Gasteiger partial charge is 0.382 e. The smallest absolute Gasteiger partial charge is 0.236 e. The highest BCUT2D eigenvalue weighted by Crippen LogP contribution is 2.30. The molecular weight excluding hydrogens is 308 g/mol. The van der Waals surface area contributed by atoms with Gasteiger partial charge in [-0.25, -0.2) is 4.68 Å². The van der Waals surface area contributed by atoms with Crippen molar-refractivity contribution in [2.75, 3.05) is 52.9 Å². The molecule has 2 saturated heterocycles. The van der Waals surface area contributed by atoms with Crippen molar-refractivity contribution < 1.29 is 9.90 Å². The lowest BCUT2D eigenvalue weighted by Crippen LogP contribution is -2.50. The van der Waals surface area contributed by atoms with E-state index in [4.69, 9.17) is 0 Å². The van der Waals surface area contributed by atoms with Gasteiger partial charge >= 0.3 is 0 Å². The van der Waals surface area contributed by atoms with E-state index in [0.717, 1.165) is 26.2 Å². The molecule has 1 N–H and O–H groups in total. The molecule has 3 rings (SSSR count). The van der Waals surface area contributed by atoms with Crippen LogP contribution in [-0.2, 0) is 10.4 Å². The summed E-state index contributed by atoms with van der Waals surface area (Å²) in [5.41, 5.74) is -0.402. The van der Waals surface area contributed by atoms with Gasteiger partial charge in [-0.2, -0.15) is 0 Å². The number of nitrogens with zero attached hydrogens (tertiary/aromatic N) is 6. The van der Waals surface area contributed by atoms with Crippen LogP contribution in [0.3, 0.4) is 0 Å². The maximum absolute atomic E-state index is 12.5. The minimum Gasteiger partial charge on any atom is -0.382 e. The molecule has 3 heterocycles. The van der Waals surface area contributed by atoms with Crippen molar-refractivity contribution >= 4 is 5.91 Å². The quantitative estimate of drug-likeness (QED) is 0.801. The molecule has 2 aliphatic rings. The van der Waals surface area contributed by atoms with Gasteiger partial charge in [0.25, 0.3) is 0 Å². The Morgan fingerprint density at radius 3 is 2.62 bits per heavy atom. The zero-order valence-corrected chi connectivity index (χ0v) is 14.9. The van der Waals surface area contributed by atoms with E-state index in [1.807, 2.05) is 29.8 Å². The summed E-state index contributed by atoms with van der Waals surface area (Å²) >= 11 is 0. The average molecular weight is 336 g/mol. The topological polar surface area (TPSA) is 77.7 Å². The van der Waals surface area contributed by atoms with Crippen LogP contribution in [0, 0.1) is 0 Å². The van der Waals surface area contributed by atoms with E-state index in [1.165, 1.54) is 0 Å². The van der Waals surface area contributed by atoms with E-state index >= 15 is 0 Å². The SMILES string of the molecule is CC(C)n1cc(C2(O)CCN(CC(=O)N3CCN(C)CC3)C2)nn1. The van der Waals surface area contributed by atoms with E-state index in [-0.39, 0.29) is 11.9 Å². The number of hydrogen-bond donors (Lipinski definition) is 1. The van der Waals surface area contributed by atoms with Gasteiger partial charge in [0.15, 0.2) is 0 Å². The lowest BCUT2D eigenvalue weighted by molar-refractivity contribution is -0.133. The summed E-state index contributed by atoms with van der Waals surface area (Å²) in [7, 11) is 2.08.